The molecule has 10 heteroatoms. The Morgan fingerprint density at radius 1 is 1.10 bits per heavy atom. The highest BCUT2D eigenvalue weighted by atomic mass is 32.2. The van der Waals surface area contributed by atoms with E-state index in [4.69, 9.17) is 5.73 Å². The molecule has 0 bridgehead atoms. The number of benzene rings is 1. The lowest BCUT2D eigenvalue weighted by atomic mass is 10.1. The Kier molecular flexibility index (Phi) is 5.58. The summed E-state index contributed by atoms with van der Waals surface area (Å²) in [5, 5.41) is 3.42. The van der Waals surface area contributed by atoms with Gasteiger partial charge in [0, 0.05) is 23.7 Å². The normalized spacial score (nSPS) is 11.6. The summed E-state index contributed by atoms with van der Waals surface area (Å²) in [4.78, 5) is 29.2. The summed E-state index contributed by atoms with van der Waals surface area (Å²) in [6, 6.07) is 9.22. The number of aromatic nitrogens is 1. The fourth-order valence-corrected chi connectivity index (χ4v) is 4.64. The molecule has 3 rings (SSSR count). The predicted octanol–water partition coefficient (Wildman–Crippen LogP) is 3.08. The van der Waals surface area contributed by atoms with Gasteiger partial charge in [0.2, 0.25) is 5.91 Å². The van der Waals surface area contributed by atoms with Gasteiger partial charge in [-0.25, -0.2) is 18.1 Å². The number of nitrogens with one attached hydrogen (secondary N) is 2. The molecule has 0 spiro atoms. The number of carbonyl (C=O) groups is 2. The predicted molar refractivity (Wildman–Crippen MR) is 114 cm³/mol. The highest BCUT2D eigenvalue weighted by molar-refractivity contribution is 7.90. The lowest BCUT2D eigenvalue weighted by Gasteiger charge is -2.07. The average molecular weight is 433 g/mol. The van der Waals surface area contributed by atoms with Crippen LogP contribution in [0.25, 0.3) is 10.2 Å². The third-order valence-electron chi connectivity index (χ3n) is 4.11. The molecular weight excluding hydrogens is 412 g/mol. The number of rotatable bonds is 5. The second kappa shape index (κ2) is 7.80. The number of thiophene rings is 1. The van der Waals surface area contributed by atoms with Crippen LogP contribution in [0.1, 0.15) is 42.1 Å². The Hall–Kier alpha value is -2.98. The van der Waals surface area contributed by atoms with Crippen LogP contribution in [0, 0.1) is 0 Å². The second-order valence-electron chi connectivity index (χ2n) is 6.73. The summed E-state index contributed by atoms with van der Waals surface area (Å²) in [7, 11) is -3.93. The highest BCUT2D eigenvalue weighted by Crippen LogP contribution is 2.34. The number of sulfonamides is 1. The average Bonchev–Trinajstić information content (AvgIpc) is 2.97. The number of fused-ring (bicyclic) bond motifs is 1. The Bertz CT molecular complexity index is 1200. The number of pyridine rings is 1. The van der Waals surface area contributed by atoms with E-state index in [2.05, 4.69) is 10.3 Å². The first-order valence-corrected chi connectivity index (χ1v) is 11.0. The largest absolute Gasteiger partial charge is 0.397 e. The number of hydrogen-bond donors (Lipinski definition) is 3. The lowest BCUT2D eigenvalue weighted by Crippen LogP contribution is -2.28. The molecule has 0 radical (unpaired) electrons. The molecule has 0 unspecified atom stereocenters. The number of nitrogens with zero attached hydrogens (tertiary/aromatic N) is 1. The third-order valence-corrected chi connectivity index (χ3v) is 6.68. The topological polar surface area (TPSA) is 131 Å². The molecule has 152 valence electrons. The fourth-order valence-electron chi connectivity index (χ4n) is 2.66. The number of hydrogen-bond acceptors (Lipinski definition) is 7. The first-order valence-electron chi connectivity index (χ1n) is 8.72. The van der Waals surface area contributed by atoms with Crippen LogP contribution < -0.4 is 15.8 Å². The third kappa shape index (κ3) is 4.38. The van der Waals surface area contributed by atoms with Gasteiger partial charge in [-0.05, 0) is 42.3 Å². The summed E-state index contributed by atoms with van der Waals surface area (Å²) >= 11 is 1.21. The van der Waals surface area contributed by atoms with Crippen LogP contribution in [0.5, 0.6) is 0 Å². The first kappa shape index (κ1) is 20.7. The smallest absolute Gasteiger partial charge is 0.267 e. The van der Waals surface area contributed by atoms with Crippen LogP contribution in [0.4, 0.5) is 11.4 Å². The van der Waals surface area contributed by atoms with E-state index in [1.54, 1.807) is 0 Å². The van der Waals surface area contributed by atoms with Crippen molar-refractivity contribution in [1.29, 1.82) is 0 Å². The minimum Gasteiger partial charge on any atom is -0.397 e. The highest BCUT2D eigenvalue weighted by Gasteiger charge is 2.19. The van der Waals surface area contributed by atoms with Crippen molar-refractivity contribution in [3.8, 4) is 0 Å². The molecule has 3 aromatic rings. The summed E-state index contributed by atoms with van der Waals surface area (Å²) in [5.74, 6) is -0.835. The van der Waals surface area contributed by atoms with E-state index in [9.17, 15) is 18.0 Å². The number of anilines is 2. The molecule has 0 aliphatic carbocycles. The van der Waals surface area contributed by atoms with Crippen molar-refractivity contribution in [2.75, 3.05) is 11.1 Å². The zero-order chi connectivity index (χ0) is 21.3. The minimum absolute atomic E-state index is 0.0857. The van der Waals surface area contributed by atoms with E-state index in [-0.39, 0.29) is 10.8 Å². The van der Waals surface area contributed by atoms with E-state index in [0.29, 0.717) is 21.1 Å². The van der Waals surface area contributed by atoms with Gasteiger partial charge in [0.25, 0.3) is 15.9 Å². The van der Waals surface area contributed by atoms with Gasteiger partial charge < -0.3 is 11.1 Å². The van der Waals surface area contributed by atoms with E-state index in [1.165, 1.54) is 35.6 Å². The number of carbonyl (C=O) groups excluding carboxylic acids is 2. The molecule has 2 amide bonds. The zero-order valence-electron chi connectivity index (χ0n) is 16.0. The Labute approximate surface area is 172 Å². The van der Waals surface area contributed by atoms with Gasteiger partial charge in [-0.15, -0.1) is 11.3 Å². The summed E-state index contributed by atoms with van der Waals surface area (Å²) in [6.45, 7) is 5.18. The van der Waals surface area contributed by atoms with Gasteiger partial charge in [-0.2, -0.15) is 0 Å². The van der Waals surface area contributed by atoms with Crippen LogP contribution in [0.2, 0.25) is 0 Å². The summed E-state index contributed by atoms with van der Waals surface area (Å²) in [5.41, 5.74) is 7.81. The molecule has 8 nitrogen and oxygen atoms in total. The monoisotopic (exact) mass is 432 g/mol. The van der Waals surface area contributed by atoms with E-state index in [0.717, 1.165) is 18.0 Å². The zero-order valence-corrected chi connectivity index (χ0v) is 17.6. The van der Waals surface area contributed by atoms with Crippen LogP contribution >= 0.6 is 11.3 Å². The molecule has 0 saturated heterocycles. The molecule has 4 N–H and O–H groups in total. The number of amides is 2. The molecule has 0 saturated carbocycles. The van der Waals surface area contributed by atoms with Gasteiger partial charge in [0.1, 0.15) is 9.71 Å². The van der Waals surface area contributed by atoms with Crippen molar-refractivity contribution in [2.24, 2.45) is 0 Å². The molecule has 1 aromatic carbocycles. The van der Waals surface area contributed by atoms with Crippen molar-refractivity contribution >= 4 is 54.8 Å². The SMILES string of the molecule is CC(=O)NS(=O)(=O)c1ccc(NC(=O)c2sc3nc(C(C)C)ccc3c2N)cc1. The van der Waals surface area contributed by atoms with Crippen molar-refractivity contribution < 1.29 is 18.0 Å². The summed E-state index contributed by atoms with van der Waals surface area (Å²) < 4.78 is 25.8. The van der Waals surface area contributed by atoms with Crippen LogP contribution in [0.15, 0.2) is 41.3 Å². The number of nitrogens with two attached hydrogens (primary N) is 1. The lowest BCUT2D eigenvalue weighted by molar-refractivity contribution is -0.117. The maximum atomic E-state index is 12.7. The maximum Gasteiger partial charge on any atom is 0.267 e. The van der Waals surface area contributed by atoms with E-state index < -0.39 is 21.8 Å². The van der Waals surface area contributed by atoms with Crippen molar-refractivity contribution in [1.82, 2.24) is 9.71 Å². The van der Waals surface area contributed by atoms with Crippen LogP contribution in [0.3, 0.4) is 0 Å². The van der Waals surface area contributed by atoms with Crippen LogP contribution in [-0.2, 0) is 14.8 Å². The second-order valence-corrected chi connectivity index (χ2v) is 9.41. The minimum atomic E-state index is -3.93. The van der Waals surface area contributed by atoms with Gasteiger partial charge in [0.15, 0.2) is 0 Å². The van der Waals surface area contributed by atoms with Gasteiger partial charge in [-0.3, -0.25) is 9.59 Å². The fraction of sp³-hybridized carbons (Fsp3) is 0.211. The van der Waals surface area contributed by atoms with Crippen molar-refractivity contribution in [3.05, 3.63) is 47.0 Å². The molecule has 29 heavy (non-hydrogen) atoms. The molecule has 0 fully saturated rings. The van der Waals surface area contributed by atoms with E-state index in [1.807, 2.05) is 30.7 Å². The number of nitrogen functional groups attached to an aromatic ring is 1. The van der Waals surface area contributed by atoms with Gasteiger partial charge in [-0.1, -0.05) is 13.8 Å². The Morgan fingerprint density at radius 2 is 1.76 bits per heavy atom. The van der Waals surface area contributed by atoms with Crippen molar-refractivity contribution in [2.45, 2.75) is 31.6 Å². The van der Waals surface area contributed by atoms with Crippen LogP contribution in [-0.4, -0.2) is 25.2 Å². The molecule has 2 heterocycles. The summed E-state index contributed by atoms with van der Waals surface area (Å²) in [6.07, 6.45) is 0. The van der Waals surface area contributed by atoms with Gasteiger partial charge >= 0.3 is 0 Å². The molecule has 2 aromatic heterocycles. The first-order chi connectivity index (χ1) is 13.6. The standard InChI is InChI=1S/C19H20N4O4S2/c1-10(2)15-9-8-14-16(20)17(28-19(14)22-15)18(25)21-12-4-6-13(7-5-12)29(26,27)23-11(3)24/h4-10H,20H2,1-3H3,(H,21,25)(H,23,24). The Morgan fingerprint density at radius 3 is 2.34 bits per heavy atom. The van der Waals surface area contributed by atoms with E-state index >= 15 is 0 Å². The van der Waals surface area contributed by atoms with Crippen molar-refractivity contribution in [3.63, 3.8) is 0 Å². The van der Waals surface area contributed by atoms with Gasteiger partial charge in [0.05, 0.1) is 10.6 Å². The quantitative estimate of drug-likeness (QED) is 0.568. The molecule has 0 atom stereocenters. The molecule has 0 aliphatic heterocycles. The maximum absolute atomic E-state index is 12.7. The molecular formula is C19H20N4O4S2. The Balaban J connectivity index is 1.83. The molecule has 0 aliphatic rings.